The maximum Gasteiger partial charge on any atom is 0.407 e. The summed E-state index contributed by atoms with van der Waals surface area (Å²) in [6, 6.07) is 0.0827. The van der Waals surface area contributed by atoms with Crippen molar-refractivity contribution in [1.29, 1.82) is 0 Å². The fourth-order valence-electron chi connectivity index (χ4n) is 2.19. The molecule has 2 unspecified atom stereocenters. The van der Waals surface area contributed by atoms with Crippen LogP contribution in [0.25, 0.3) is 0 Å². The van der Waals surface area contributed by atoms with Gasteiger partial charge in [0, 0.05) is 19.7 Å². The highest BCUT2D eigenvalue weighted by atomic mass is 16.6. The second-order valence-corrected chi connectivity index (χ2v) is 5.43. The number of ether oxygens (including phenoxy) is 3. The van der Waals surface area contributed by atoms with E-state index < -0.39 is 6.09 Å². The molecule has 2 aliphatic rings. The van der Waals surface area contributed by atoms with Crippen LogP contribution in [0.3, 0.4) is 0 Å². The van der Waals surface area contributed by atoms with E-state index >= 15 is 0 Å². The molecule has 0 spiro atoms. The number of alkyl carbamates (subject to hydrolysis) is 1. The van der Waals surface area contributed by atoms with Crippen molar-refractivity contribution in [1.82, 2.24) is 10.6 Å². The molecule has 2 saturated heterocycles. The van der Waals surface area contributed by atoms with Crippen molar-refractivity contribution in [3.63, 3.8) is 0 Å². The van der Waals surface area contributed by atoms with Gasteiger partial charge in [-0.25, -0.2) is 4.79 Å². The van der Waals surface area contributed by atoms with Crippen LogP contribution < -0.4 is 10.6 Å². The minimum Gasteiger partial charge on any atom is -0.447 e. The maximum absolute atomic E-state index is 11.5. The van der Waals surface area contributed by atoms with Gasteiger partial charge in [-0.2, -0.15) is 0 Å². The van der Waals surface area contributed by atoms with Crippen molar-refractivity contribution in [2.24, 2.45) is 0 Å². The van der Waals surface area contributed by atoms with Gasteiger partial charge >= 0.3 is 6.09 Å². The second kappa shape index (κ2) is 5.86. The zero-order valence-corrected chi connectivity index (χ0v) is 11.0. The van der Waals surface area contributed by atoms with E-state index in [2.05, 4.69) is 10.6 Å². The Balaban J connectivity index is 1.65. The van der Waals surface area contributed by atoms with Gasteiger partial charge in [-0.15, -0.1) is 0 Å². The summed E-state index contributed by atoms with van der Waals surface area (Å²) in [6.07, 6.45) is 0.376. The molecule has 0 aromatic heterocycles. The van der Waals surface area contributed by atoms with Crippen LogP contribution in [0.1, 0.15) is 20.3 Å². The van der Waals surface area contributed by atoms with Gasteiger partial charge in [-0.3, -0.25) is 0 Å². The van der Waals surface area contributed by atoms with Crippen molar-refractivity contribution < 1.29 is 19.0 Å². The molecule has 2 N–H and O–H groups in total. The van der Waals surface area contributed by atoms with Gasteiger partial charge in [-0.1, -0.05) is 0 Å². The van der Waals surface area contributed by atoms with E-state index in [1.54, 1.807) is 0 Å². The third-order valence-electron chi connectivity index (χ3n) is 3.06. The predicted octanol–water partition coefficient (Wildman–Crippen LogP) is 0.269. The first kappa shape index (κ1) is 13.6. The van der Waals surface area contributed by atoms with Crippen molar-refractivity contribution in [2.45, 2.75) is 38.0 Å². The Kier molecular flexibility index (Phi) is 4.42. The van der Waals surface area contributed by atoms with Crippen LogP contribution >= 0.6 is 0 Å². The number of hydrogen-bond acceptors (Lipinski definition) is 5. The van der Waals surface area contributed by atoms with Crippen molar-refractivity contribution in [3.8, 4) is 0 Å². The smallest absolute Gasteiger partial charge is 0.407 e. The summed E-state index contributed by atoms with van der Waals surface area (Å²) in [5.74, 6) is 0. The Bertz CT molecular complexity index is 290. The SMILES string of the molecule is CC1(C)CNCC(COC(=O)NC2CCOC2)O1. The molecule has 6 heteroatoms. The number of amides is 1. The van der Waals surface area contributed by atoms with Gasteiger partial charge in [0.25, 0.3) is 0 Å². The lowest BCUT2D eigenvalue weighted by molar-refractivity contribution is -0.111. The molecular weight excluding hydrogens is 236 g/mol. The van der Waals surface area contributed by atoms with Crippen molar-refractivity contribution in [3.05, 3.63) is 0 Å². The largest absolute Gasteiger partial charge is 0.447 e. The molecule has 2 heterocycles. The lowest BCUT2D eigenvalue weighted by Crippen LogP contribution is -2.52. The third-order valence-corrected chi connectivity index (χ3v) is 3.06. The number of carbonyl (C=O) groups excluding carboxylic acids is 1. The number of rotatable bonds is 3. The molecule has 2 fully saturated rings. The van der Waals surface area contributed by atoms with Crippen LogP contribution in [0.2, 0.25) is 0 Å². The Hall–Kier alpha value is -0.850. The molecule has 0 bridgehead atoms. The van der Waals surface area contributed by atoms with Gasteiger partial charge in [0.05, 0.1) is 18.2 Å². The topological polar surface area (TPSA) is 68.8 Å². The number of morpholine rings is 1. The summed E-state index contributed by atoms with van der Waals surface area (Å²) in [7, 11) is 0. The Labute approximate surface area is 107 Å². The number of hydrogen-bond donors (Lipinski definition) is 2. The molecule has 18 heavy (non-hydrogen) atoms. The molecule has 2 aliphatic heterocycles. The van der Waals surface area contributed by atoms with Crippen LogP contribution in [0.15, 0.2) is 0 Å². The Morgan fingerprint density at radius 2 is 2.39 bits per heavy atom. The molecule has 0 aromatic carbocycles. The first-order valence-electron chi connectivity index (χ1n) is 6.45. The average molecular weight is 258 g/mol. The molecule has 2 rings (SSSR count). The number of carbonyl (C=O) groups is 1. The summed E-state index contributed by atoms with van der Waals surface area (Å²) < 4.78 is 16.1. The zero-order chi connectivity index (χ0) is 13.0. The van der Waals surface area contributed by atoms with E-state index in [-0.39, 0.29) is 24.4 Å². The van der Waals surface area contributed by atoms with Gasteiger partial charge in [-0.05, 0) is 20.3 Å². The fourth-order valence-corrected chi connectivity index (χ4v) is 2.19. The summed E-state index contributed by atoms with van der Waals surface area (Å²) in [4.78, 5) is 11.5. The summed E-state index contributed by atoms with van der Waals surface area (Å²) >= 11 is 0. The fraction of sp³-hybridized carbons (Fsp3) is 0.917. The molecule has 2 atom stereocenters. The van der Waals surface area contributed by atoms with Gasteiger partial charge in [0.1, 0.15) is 12.7 Å². The van der Waals surface area contributed by atoms with E-state index in [0.717, 1.165) is 13.0 Å². The highest BCUT2D eigenvalue weighted by Crippen LogP contribution is 2.15. The molecule has 1 amide bonds. The lowest BCUT2D eigenvalue weighted by atomic mass is 10.1. The molecule has 0 aromatic rings. The molecule has 6 nitrogen and oxygen atoms in total. The molecule has 104 valence electrons. The monoisotopic (exact) mass is 258 g/mol. The quantitative estimate of drug-likeness (QED) is 0.760. The van der Waals surface area contributed by atoms with Gasteiger partial charge < -0.3 is 24.8 Å². The van der Waals surface area contributed by atoms with Crippen LogP contribution in [0, 0.1) is 0 Å². The van der Waals surface area contributed by atoms with E-state index in [4.69, 9.17) is 14.2 Å². The van der Waals surface area contributed by atoms with Crippen LogP contribution in [0.4, 0.5) is 4.79 Å². The second-order valence-electron chi connectivity index (χ2n) is 5.43. The third kappa shape index (κ3) is 4.12. The Morgan fingerprint density at radius 3 is 3.06 bits per heavy atom. The van der Waals surface area contributed by atoms with Crippen LogP contribution in [-0.4, -0.2) is 56.8 Å². The maximum atomic E-state index is 11.5. The van der Waals surface area contributed by atoms with Gasteiger partial charge in [0.15, 0.2) is 0 Å². The van der Waals surface area contributed by atoms with Crippen LogP contribution in [-0.2, 0) is 14.2 Å². The zero-order valence-electron chi connectivity index (χ0n) is 11.0. The predicted molar refractivity (Wildman–Crippen MR) is 65.5 cm³/mol. The minimum atomic E-state index is -0.391. The lowest BCUT2D eigenvalue weighted by Gasteiger charge is -2.36. The Morgan fingerprint density at radius 1 is 1.56 bits per heavy atom. The van der Waals surface area contributed by atoms with Crippen molar-refractivity contribution in [2.75, 3.05) is 32.9 Å². The highest BCUT2D eigenvalue weighted by Gasteiger charge is 2.29. The van der Waals surface area contributed by atoms with Gasteiger partial charge in [0.2, 0.25) is 0 Å². The minimum absolute atomic E-state index is 0.0827. The molecular formula is C12H22N2O4. The normalized spacial score (nSPS) is 31.0. The van der Waals surface area contributed by atoms with E-state index in [1.165, 1.54) is 0 Å². The standard InChI is InChI=1S/C12H22N2O4/c1-12(2)8-13-5-10(18-12)7-17-11(15)14-9-3-4-16-6-9/h9-10,13H,3-8H2,1-2H3,(H,14,15). The molecule has 0 saturated carbocycles. The van der Waals surface area contributed by atoms with Crippen LogP contribution in [0.5, 0.6) is 0 Å². The first-order valence-corrected chi connectivity index (χ1v) is 6.45. The summed E-state index contributed by atoms with van der Waals surface area (Å²) in [5.41, 5.74) is -0.206. The van der Waals surface area contributed by atoms with E-state index in [9.17, 15) is 4.79 Å². The summed E-state index contributed by atoms with van der Waals surface area (Å²) in [6.45, 7) is 7.11. The van der Waals surface area contributed by atoms with Crippen molar-refractivity contribution >= 4 is 6.09 Å². The number of nitrogens with one attached hydrogen (secondary N) is 2. The molecule has 0 radical (unpaired) electrons. The summed E-state index contributed by atoms with van der Waals surface area (Å²) in [5, 5.41) is 6.04. The molecule has 0 aliphatic carbocycles. The highest BCUT2D eigenvalue weighted by molar-refractivity contribution is 5.67. The average Bonchev–Trinajstić information content (AvgIpc) is 2.78. The first-order chi connectivity index (χ1) is 8.55. The van der Waals surface area contributed by atoms with E-state index in [0.29, 0.717) is 19.8 Å². The van der Waals surface area contributed by atoms with E-state index in [1.807, 2.05) is 13.8 Å².